The normalized spacial score (nSPS) is 15.0. The molecule has 1 saturated heterocycles. The van der Waals surface area contributed by atoms with E-state index in [0.717, 1.165) is 0 Å². The van der Waals surface area contributed by atoms with E-state index in [-0.39, 0.29) is 35.7 Å². The number of sulfonamides is 1. The van der Waals surface area contributed by atoms with E-state index >= 15 is 0 Å². The van der Waals surface area contributed by atoms with Crippen LogP contribution in [0.1, 0.15) is 23.2 Å². The van der Waals surface area contributed by atoms with Crippen molar-refractivity contribution in [1.29, 1.82) is 0 Å². The number of para-hydroxylation sites is 1. The lowest BCUT2D eigenvalue weighted by atomic mass is 9.97. The lowest BCUT2D eigenvalue weighted by molar-refractivity contribution is -0.120. The van der Waals surface area contributed by atoms with Crippen molar-refractivity contribution in [2.75, 3.05) is 32.1 Å². The Morgan fingerprint density at radius 3 is 2.41 bits per heavy atom. The summed E-state index contributed by atoms with van der Waals surface area (Å²) in [7, 11) is -2.12. The van der Waals surface area contributed by atoms with E-state index in [1.54, 1.807) is 42.5 Å². The molecule has 170 valence electrons. The second kappa shape index (κ2) is 10.4. The zero-order valence-corrected chi connectivity index (χ0v) is 18.7. The van der Waals surface area contributed by atoms with Gasteiger partial charge in [-0.05, 0) is 49.2 Å². The van der Waals surface area contributed by atoms with Crippen molar-refractivity contribution in [1.82, 2.24) is 9.62 Å². The summed E-state index contributed by atoms with van der Waals surface area (Å²) in [5.41, 5.74) is 0.787. The van der Waals surface area contributed by atoms with Gasteiger partial charge >= 0.3 is 0 Å². The topological polar surface area (TPSA) is 105 Å². The highest BCUT2D eigenvalue weighted by molar-refractivity contribution is 7.89. The number of carbonyl (C=O) groups excluding carboxylic acids is 2. The van der Waals surface area contributed by atoms with Gasteiger partial charge in [-0.2, -0.15) is 4.31 Å². The number of hydrogen-bond donors (Lipinski definition) is 2. The maximum atomic E-state index is 12.9. The number of benzene rings is 2. The Morgan fingerprint density at radius 1 is 1.12 bits per heavy atom. The van der Waals surface area contributed by atoms with Gasteiger partial charge < -0.3 is 15.4 Å². The number of anilines is 1. The summed E-state index contributed by atoms with van der Waals surface area (Å²) in [6, 6.07) is 13.0. The fourth-order valence-electron chi connectivity index (χ4n) is 3.54. The number of carbonyl (C=O) groups is 2. The average molecular weight is 458 g/mol. The first-order valence-corrected chi connectivity index (χ1v) is 11.7. The van der Waals surface area contributed by atoms with Gasteiger partial charge in [-0.3, -0.25) is 9.59 Å². The van der Waals surface area contributed by atoms with E-state index in [2.05, 4.69) is 17.2 Å². The van der Waals surface area contributed by atoms with Gasteiger partial charge in [0.15, 0.2) is 0 Å². The Balaban J connectivity index is 1.62. The summed E-state index contributed by atoms with van der Waals surface area (Å²) in [6.45, 7) is 4.38. The Morgan fingerprint density at radius 2 is 1.78 bits per heavy atom. The van der Waals surface area contributed by atoms with Crippen LogP contribution in [-0.4, -0.2) is 51.3 Å². The predicted molar refractivity (Wildman–Crippen MR) is 122 cm³/mol. The van der Waals surface area contributed by atoms with Gasteiger partial charge in [0.2, 0.25) is 15.9 Å². The first-order valence-electron chi connectivity index (χ1n) is 10.3. The van der Waals surface area contributed by atoms with E-state index < -0.39 is 10.0 Å². The second-order valence-corrected chi connectivity index (χ2v) is 9.33. The third-order valence-electron chi connectivity index (χ3n) is 5.36. The lowest BCUT2D eigenvalue weighted by Gasteiger charge is -2.30. The molecule has 9 heteroatoms. The highest BCUT2D eigenvalue weighted by Crippen LogP contribution is 2.26. The summed E-state index contributed by atoms with van der Waals surface area (Å²) in [5, 5.41) is 5.53. The smallest absolute Gasteiger partial charge is 0.253 e. The van der Waals surface area contributed by atoms with Gasteiger partial charge in [-0.1, -0.05) is 18.2 Å². The van der Waals surface area contributed by atoms with E-state index in [0.29, 0.717) is 36.4 Å². The summed E-state index contributed by atoms with van der Waals surface area (Å²) in [4.78, 5) is 25.3. The molecule has 0 aromatic heterocycles. The maximum absolute atomic E-state index is 12.9. The number of methoxy groups -OCH3 is 1. The van der Waals surface area contributed by atoms with Gasteiger partial charge in [0, 0.05) is 25.6 Å². The molecule has 0 atom stereocenters. The van der Waals surface area contributed by atoms with E-state index in [9.17, 15) is 18.0 Å². The predicted octanol–water partition coefficient (Wildman–Crippen LogP) is 2.65. The van der Waals surface area contributed by atoms with Crippen LogP contribution in [0.2, 0.25) is 0 Å². The van der Waals surface area contributed by atoms with Crippen LogP contribution in [0.4, 0.5) is 5.69 Å². The van der Waals surface area contributed by atoms with Crippen LogP contribution in [0.5, 0.6) is 5.75 Å². The molecule has 32 heavy (non-hydrogen) atoms. The van der Waals surface area contributed by atoms with E-state index in [1.807, 2.05) is 0 Å². The van der Waals surface area contributed by atoms with Crippen LogP contribution in [0.15, 0.2) is 66.1 Å². The van der Waals surface area contributed by atoms with Gasteiger partial charge in [0.1, 0.15) is 5.75 Å². The van der Waals surface area contributed by atoms with Crippen molar-refractivity contribution in [3.05, 3.63) is 66.7 Å². The fourth-order valence-corrected chi connectivity index (χ4v) is 5.01. The Bertz CT molecular complexity index is 1080. The largest absolute Gasteiger partial charge is 0.497 e. The molecule has 0 saturated carbocycles. The van der Waals surface area contributed by atoms with Crippen LogP contribution in [0, 0.1) is 5.92 Å². The number of ether oxygens (including phenoxy) is 1. The molecule has 2 N–H and O–H groups in total. The standard InChI is InChI=1S/C23H27N3O5S/c1-3-14-24-23(28)20-6-4-5-7-21(20)25-22(27)17-12-15-26(16-13-17)32(29,30)19-10-8-18(31-2)9-11-19/h3-11,17H,1,12-16H2,2H3,(H,24,28)(H,25,27). The SMILES string of the molecule is C=CCNC(=O)c1ccccc1NC(=O)C1CCN(S(=O)(=O)c2ccc(OC)cc2)CC1. The molecule has 2 aromatic rings. The van der Waals surface area contributed by atoms with Crippen molar-refractivity contribution >= 4 is 27.5 Å². The van der Waals surface area contributed by atoms with Crippen molar-refractivity contribution in [3.63, 3.8) is 0 Å². The lowest BCUT2D eigenvalue weighted by Crippen LogP contribution is -2.41. The highest BCUT2D eigenvalue weighted by Gasteiger charge is 2.32. The molecule has 0 unspecified atom stereocenters. The average Bonchev–Trinajstić information content (AvgIpc) is 2.83. The first kappa shape index (κ1) is 23.5. The van der Waals surface area contributed by atoms with Crippen molar-refractivity contribution in [2.24, 2.45) is 5.92 Å². The van der Waals surface area contributed by atoms with Crippen molar-refractivity contribution in [2.45, 2.75) is 17.7 Å². The van der Waals surface area contributed by atoms with Crippen LogP contribution < -0.4 is 15.4 Å². The van der Waals surface area contributed by atoms with Gasteiger partial charge in [-0.15, -0.1) is 6.58 Å². The molecule has 1 aliphatic heterocycles. The molecule has 1 aliphatic rings. The quantitative estimate of drug-likeness (QED) is 0.593. The Labute approximate surface area is 188 Å². The molecule has 0 spiro atoms. The summed E-state index contributed by atoms with van der Waals surface area (Å²) in [5.74, 6) is -0.295. The van der Waals surface area contributed by atoms with E-state index in [4.69, 9.17) is 4.74 Å². The molecule has 1 fully saturated rings. The minimum Gasteiger partial charge on any atom is -0.497 e. The molecule has 8 nitrogen and oxygen atoms in total. The molecule has 0 aliphatic carbocycles. The first-order chi connectivity index (χ1) is 15.4. The van der Waals surface area contributed by atoms with Gasteiger partial charge in [-0.25, -0.2) is 8.42 Å². The van der Waals surface area contributed by atoms with Crippen LogP contribution >= 0.6 is 0 Å². The molecule has 3 rings (SSSR count). The maximum Gasteiger partial charge on any atom is 0.253 e. The zero-order valence-electron chi connectivity index (χ0n) is 17.9. The molecular formula is C23H27N3O5S. The second-order valence-electron chi connectivity index (χ2n) is 7.39. The number of nitrogens with zero attached hydrogens (tertiary/aromatic N) is 1. The number of nitrogens with one attached hydrogen (secondary N) is 2. The van der Waals surface area contributed by atoms with Crippen LogP contribution in [0.3, 0.4) is 0 Å². The third-order valence-corrected chi connectivity index (χ3v) is 7.27. The zero-order chi connectivity index (χ0) is 23.1. The Kier molecular flexibility index (Phi) is 7.66. The monoisotopic (exact) mass is 457 g/mol. The third kappa shape index (κ3) is 5.35. The number of piperidine rings is 1. The summed E-state index contributed by atoms with van der Waals surface area (Å²) in [6.07, 6.45) is 2.37. The Hall–Kier alpha value is -3.17. The number of rotatable bonds is 8. The molecule has 0 radical (unpaired) electrons. The van der Waals surface area contributed by atoms with Gasteiger partial charge in [0.05, 0.1) is 23.3 Å². The van der Waals surface area contributed by atoms with Crippen LogP contribution in [-0.2, 0) is 14.8 Å². The van der Waals surface area contributed by atoms with E-state index in [1.165, 1.54) is 23.5 Å². The molecule has 2 aromatic carbocycles. The number of amides is 2. The van der Waals surface area contributed by atoms with Crippen molar-refractivity contribution < 1.29 is 22.7 Å². The molecular weight excluding hydrogens is 430 g/mol. The number of hydrogen-bond acceptors (Lipinski definition) is 5. The summed E-state index contributed by atoms with van der Waals surface area (Å²) < 4.78 is 32.3. The molecule has 0 bridgehead atoms. The van der Waals surface area contributed by atoms with Crippen molar-refractivity contribution in [3.8, 4) is 5.75 Å². The summed E-state index contributed by atoms with van der Waals surface area (Å²) >= 11 is 0. The fraction of sp³-hybridized carbons (Fsp3) is 0.304. The van der Waals surface area contributed by atoms with Crippen LogP contribution in [0.25, 0.3) is 0 Å². The minimum absolute atomic E-state index is 0.195. The highest BCUT2D eigenvalue weighted by atomic mass is 32.2. The minimum atomic E-state index is -3.64. The molecule has 2 amide bonds. The molecule has 1 heterocycles. The van der Waals surface area contributed by atoms with Gasteiger partial charge in [0.25, 0.3) is 5.91 Å².